The number of hydrogen-bond donors (Lipinski definition) is 1. The highest BCUT2D eigenvalue weighted by Gasteiger charge is 2.33. The molecule has 0 bridgehead atoms. The number of aliphatic hydroxyl groups is 1. The summed E-state index contributed by atoms with van der Waals surface area (Å²) in [5.41, 5.74) is 1.03. The Balaban J connectivity index is 2.22. The molecule has 0 saturated carbocycles. The lowest BCUT2D eigenvalue weighted by molar-refractivity contribution is -0.129. The van der Waals surface area contributed by atoms with Crippen LogP contribution in [0.15, 0.2) is 10.5 Å². The Morgan fingerprint density at radius 2 is 2.25 bits per heavy atom. The Bertz CT molecular complexity index is 410. The van der Waals surface area contributed by atoms with Crippen molar-refractivity contribution in [1.82, 2.24) is 4.90 Å². The third-order valence-electron chi connectivity index (χ3n) is 3.14. The number of nitrogens with zero attached hydrogens (tertiary/aromatic N) is 1. The predicted octanol–water partition coefficient (Wildman–Crippen LogP) is 1.55. The minimum Gasteiger partial charge on any atom is -0.466 e. The summed E-state index contributed by atoms with van der Waals surface area (Å²) in [7, 11) is 0. The number of rotatable bonds is 2. The van der Waals surface area contributed by atoms with Crippen LogP contribution in [-0.4, -0.2) is 28.6 Å². The number of likely N-dealkylation sites (tertiary alicyclic amines) is 1. The van der Waals surface area contributed by atoms with E-state index in [1.54, 1.807) is 4.90 Å². The van der Waals surface area contributed by atoms with Crippen molar-refractivity contribution in [2.45, 2.75) is 39.3 Å². The topological polar surface area (TPSA) is 53.7 Å². The molecule has 0 aliphatic carbocycles. The normalized spacial score (nSPS) is 22.9. The highest BCUT2D eigenvalue weighted by atomic mass is 16.3. The molecule has 1 N–H and O–H groups in total. The zero-order chi connectivity index (χ0) is 11.9. The second kappa shape index (κ2) is 3.94. The predicted molar refractivity (Wildman–Crippen MR) is 58.9 cm³/mol. The molecule has 0 aromatic carbocycles. The number of β-amino-alcohol motifs (C(OH)–C–C–N with tert-alkyl or cyclic N) is 1. The maximum absolute atomic E-state index is 11.7. The van der Waals surface area contributed by atoms with Crippen LogP contribution in [0.4, 0.5) is 0 Å². The highest BCUT2D eigenvalue weighted by molar-refractivity contribution is 5.79. The van der Waals surface area contributed by atoms with Crippen molar-refractivity contribution >= 4 is 5.91 Å². The summed E-state index contributed by atoms with van der Waals surface area (Å²) in [6.07, 6.45) is -0.288. The van der Waals surface area contributed by atoms with E-state index in [2.05, 4.69) is 0 Å². The van der Waals surface area contributed by atoms with Gasteiger partial charge in [0.25, 0.3) is 0 Å². The highest BCUT2D eigenvalue weighted by Crippen LogP contribution is 2.29. The Kier molecular flexibility index (Phi) is 2.76. The van der Waals surface area contributed by atoms with E-state index in [4.69, 9.17) is 4.42 Å². The first-order valence-corrected chi connectivity index (χ1v) is 5.53. The minimum absolute atomic E-state index is 0.0123. The Hall–Kier alpha value is -1.29. The molecule has 2 atom stereocenters. The largest absolute Gasteiger partial charge is 0.466 e. The van der Waals surface area contributed by atoms with Gasteiger partial charge in [-0.3, -0.25) is 4.79 Å². The number of amides is 1. The Morgan fingerprint density at radius 1 is 1.56 bits per heavy atom. The van der Waals surface area contributed by atoms with Gasteiger partial charge < -0.3 is 14.4 Å². The summed E-state index contributed by atoms with van der Waals surface area (Å²) >= 11 is 0. The van der Waals surface area contributed by atoms with Crippen LogP contribution in [0.3, 0.4) is 0 Å². The first-order valence-electron chi connectivity index (χ1n) is 5.53. The van der Waals surface area contributed by atoms with Crippen LogP contribution in [0.2, 0.25) is 0 Å². The third-order valence-corrected chi connectivity index (χ3v) is 3.14. The Labute approximate surface area is 94.9 Å². The maximum atomic E-state index is 11.7. The van der Waals surface area contributed by atoms with Gasteiger partial charge in [0.05, 0.1) is 18.6 Å². The van der Waals surface area contributed by atoms with Gasteiger partial charge in [-0.15, -0.1) is 0 Å². The van der Waals surface area contributed by atoms with Gasteiger partial charge in [-0.2, -0.15) is 0 Å². The van der Waals surface area contributed by atoms with Crippen LogP contribution < -0.4 is 0 Å². The quantitative estimate of drug-likeness (QED) is 0.827. The van der Waals surface area contributed by atoms with E-state index < -0.39 is 6.10 Å². The van der Waals surface area contributed by atoms with Gasteiger partial charge >= 0.3 is 0 Å². The average Bonchev–Trinajstić information content (AvgIpc) is 2.68. The molecular formula is C12H17NO3. The second-order valence-corrected chi connectivity index (χ2v) is 4.45. The van der Waals surface area contributed by atoms with Gasteiger partial charge in [-0.1, -0.05) is 0 Å². The van der Waals surface area contributed by atoms with Crippen LogP contribution in [0.25, 0.3) is 0 Å². The third kappa shape index (κ3) is 1.85. The molecule has 2 unspecified atom stereocenters. The van der Waals surface area contributed by atoms with Crippen molar-refractivity contribution in [1.29, 1.82) is 0 Å². The molecule has 0 radical (unpaired) electrons. The SMILES string of the molecule is Cc1cc(C(C)N2CC(O)CC2=O)c(C)o1. The summed E-state index contributed by atoms with van der Waals surface area (Å²) in [6.45, 7) is 6.18. The molecule has 16 heavy (non-hydrogen) atoms. The van der Waals surface area contributed by atoms with E-state index in [1.807, 2.05) is 26.8 Å². The van der Waals surface area contributed by atoms with Gasteiger partial charge in [0.15, 0.2) is 0 Å². The fraction of sp³-hybridized carbons (Fsp3) is 0.583. The van der Waals surface area contributed by atoms with Crippen molar-refractivity contribution in [2.24, 2.45) is 0 Å². The van der Waals surface area contributed by atoms with Crippen molar-refractivity contribution in [3.63, 3.8) is 0 Å². The van der Waals surface area contributed by atoms with E-state index in [-0.39, 0.29) is 18.4 Å². The number of aryl methyl sites for hydroxylation is 2. The zero-order valence-electron chi connectivity index (χ0n) is 9.86. The molecule has 2 heterocycles. The van der Waals surface area contributed by atoms with Crippen molar-refractivity contribution in [3.8, 4) is 0 Å². The molecule has 1 aromatic rings. The van der Waals surface area contributed by atoms with Crippen molar-refractivity contribution < 1.29 is 14.3 Å². The fourth-order valence-electron chi connectivity index (χ4n) is 2.32. The average molecular weight is 223 g/mol. The number of carbonyl (C=O) groups excluding carboxylic acids is 1. The van der Waals surface area contributed by atoms with Crippen LogP contribution in [-0.2, 0) is 4.79 Å². The summed E-state index contributed by atoms with van der Waals surface area (Å²) in [5.74, 6) is 1.71. The molecule has 4 nitrogen and oxygen atoms in total. The first-order chi connectivity index (χ1) is 7.49. The maximum Gasteiger partial charge on any atom is 0.225 e. The van der Waals surface area contributed by atoms with E-state index in [0.717, 1.165) is 17.1 Å². The monoisotopic (exact) mass is 223 g/mol. The molecule has 0 spiro atoms. The molecule has 1 aromatic heterocycles. The summed E-state index contributed by atoms with van der Waals surface area (Å²) in [5, 5.41) is 9.45. The van der Waals surface area contributed by atoms with E-state index in [0.29, 0.717) is 6.54 Å². The Morgan fingerprint density at radius 3 is 2.69 bits per heavy atom. The van der Waals surface area contributed by atoms with E-state index in [1.165, 1.54) is 0 Å². The molecule has 1 aliphatic heterocycles. The summed E-state index contributed by atoms with van der Waals surface area (Å²) < 4.78 is 5.46. The van der Waals surface area contributed by atoms with Gasteiger partial charge in [0, 0.05) is 12.1 Å². The standard InChI is InChI=1S/C12H17NO3/c1-7-4-11(9(3)16-7)8(2)13-6-10(14)5-12(13)15/h4,8,10,14H,5-6H2,1-3H3. The van der Waals surface area contributed by atoms with Gasteiger partial charge in [0.1, 0.15) is 11.5 Å². The van der Waals surface area contributed by atoms with Crippen LogP contribution in [0, 0.1) is 13.8 Å². The zero-order valence-corrected chi connectivity index (χ0v) is 9.86. The molecule has 4 heteroatoms. The number of hydrogen-bond acceptors (Lipinski definition) is 3. The first kappa shape index (κ1) is 11.2. The van der Waals surface area contributed by atoms with Crippen LogP contribution in [0.5, 0.6) is 0 Å². The molecular weight excluding hydrogens is 206 g/mol. The number of furan rings is 1. The number of aliphatic hydroxyl groups excluding tert-OH is 1. The van der Waals surface area contributed by atoms with Crippen molar-refractivity contribution in [2.75, 3.05) is 6.54 Å². The number of carbonyl (C=O) groups is 1. The molecule has 1 saturated heterocycles. The van der Waals surface area contributed by atoms with E-state index >= 15 is 0 Å². The molecule has 2 rings (SSSR count). The fourth-order valence-corrected chi connectivity index (χ4v) is 2.32. The smallest absolute Gasteiger partial charge is 0.225 e. The lowest BCUT2D eigenvalue weighted by Gasteiger charge is -2.23. The molecule has 1 aliphatic rings. The molecule has 88 valence electrons. The van der Waals surface area contributed by atoms with Gasteiger partial charge in [0.2, 0.25) is 5.91 Å². The minimum atomic E-state index is -0.525. The second-order valence-electron chi connectivity index (χ2n) is 4.45. The van der Waals surface area contributed by atoms with Crippen LogP contribution >= 0.6 is 0 Å². The van der Waals surface area contributed by atoms with Crippen LogP contribution in [0.1, 0.15) is 36.5 Å². The van der Waals surface area contributed by atoms with Gasteiger partial charge in [-0.05, 0) is 26.8 Å². The van der Waals surface area contributed by atoms with E-state index in [9.17, 15) is 9.90 Å². The summed E-state index contributed by atoms with van der Waals surface area (Å²) in [4.78, 5) is 13.4. The molecule has 1 amide bonds. The lowest BCUT2D eigenvalue weighted by atomic mass is 10.1. The van der Waals surface area contributed by atoms with Gasteiger partial charge in [-0.25, -0.2) is 0 Å². The molecule has 1 fully saturated rings. The summed E-state index contributed by atoms with van der Waals surface area (Å²) in [6, 6.07) is 1.93. The lowest BCUT2D eigenvalue weighted by Crippen LogP contribution is -2.29. The van der Waals surface area contributed by atoms with Crippen molar-refractivity contribution in [3.05, 3.63) is 23.2 Å².